The highest BCUT2D eigenvalue weighted by atomic mass is 28.3. The van der Waals surface area contributed by atoms with Crippen LogP contribution in [0.5, 0.6) is 0 Å². The molecule has 0 unspecified atom stereocenters. The predicted molar refractivity (Wildman–Crippen MR) is 276 cm³/mol. The Labute approximate surface area is 371 Å². The highest BCUT2D eigenvalue weighted by Crippen LogP contribution is 2.58. The van der Waals surface area contributed by atoms with E-state index in [2.05, 4.69) is 222 Å². The minimum atomic E-state index is -1.91. The second-order valence-corrected chi connectivity index (χ2v) is 28.6. The first kappa shape index (κ1) is 40.1. The maximum absolute atomic E-state index is 2.71. The summed E-state index contributed by atoms with van der Waals surface area (Å²) in [4.78, 5) is 4.88. The van der Waals surface area contributed by atoms with Crippen molar-refractivity contribution in [1.29, 1.82) is 0 Å². The zero-order chi connectivity index (χ0) is 42.9. The number of nitrogens with zero attached hydrogens (tertiary/aromatic N) is 2. The Kier molecular flexibility index (Phi) is 10.0. The van der Waals surface area contributed by atoms with Crippen LogP contribution in [-0.2, 0) is 0 Å². The Morgan fingerprint density at radius 1 is 0.339 bits per heavy atom. The van der Waals surface area contributed by atoms with Crippen LogP contribution in [0, 0.1) is 13.8 Å². The van der Waals surface area contributed by atoms with Crippen molar-refractivity contribution in [2.24, 2.45) is 0 Å². The summed E-state index contributed by atoms with van der Waals surface area (Å²) in [6, 6.07) is 64.9. The largest absolute Gasteiger partial charge is 0.310 e. The van der Waals surface area contributed by atoms with Crippen LogP contribution in [0.1, 0.15) is 38.8 Å². The molecule has 0 saturated heterocycles. The van der Waals surface area contributed by atoms with Crippen molar-refractivity contribution < 1.29 is 0 Å². The van der Waals surface area contributed by atoms with Crippen LogP contribution < -0.4 is 20.2 Å². The Bertz CT molecular complexity index is 2780. The van der Waals surface area contributed by atoms with E-state index < -0.39 is 16.1 Å². The molecule has 0 N–H and O–H groups in total. The van der Waals surface area contributed by atoms with Crippen molar-refractivity contribution in [3.05, 3.63) is 169 Å². The van der Waals surface area contributed by atoms with E-state index in [1.165, 1.54) is 125 Å². The van der Waals surface area contributed by atoms with Crippen LogP contribution in [0.3, 0.4) is 0 Å². The lowest BCUT2D eigenvalue weighted by molar-refractivity contribution is 1.27. The molecule has 0 heterocycles. The fourth-order valence-electron chi connectivity index (χ4n) is 10.5. The van der Waals surface area contributed by atoms with E-state index in [1.54, 1.807) is 10.4 Å². The average molecular weight is 839 g/mol. The molecule has 10 rings (SSSR count). The van der Waals surface area contributed by atoms with E-state index in [0.29, 0.717) is 0 Å². The first-order valence-electron chi connectivity index (χ1n) is 22.9. The topological polar surface area (TPSA) is 6.48 Å². The molecule has 0 aliphatic heterocycles. The van der Waals surface area contributed by atoms with Crippen LogP contribution >= 0.6 is 0 Å². The average Bonchev–Trinajstić information content (AvgIpc) is 3.82. The lowest BCUT2D eigenvalue weighted by atomic mass is 9.97. The van der Waals surface area contributed by atoms with Crippen molar-refractivity contribution in [3.8, 4) is 44.5 Å². The summed E-state index contributed by atoms with van der Waals surface area (Å²) in [6.45, 7) is 19.4. The molecule has 8 aromatic rings. The molecule has 2 nitrogen and oxygen atoms in total. The maximum atomic E-state index is 2.71. The number of hydrogen-bond donors (Lipinski definition) is 0. The summed E-state index contributed by atoms with van der Waals surface area (Å²) in [7, 11) is -3.81. The zero-order valence-electron chi connectivity index (χ0n) is 37.7. The van der Waals surface area contributed by atoms with Crippen LogP contribution in [0.4, 0.5) is 34.1 Å². The van der Waals surface area contributed by atoms with Crippen molar-refractivity contribution in [1.82, 2.24) is 0 Å². The summed E-state index contributed by atoms with van der Waals surface area (Å²) in [5.41, 5.74) is 21.1. The lowest BCUT2D eigenvalue weighted by Crippen LogP contribution is -2.45. The summed E-state index contributed by atoms with van der Waals surface area (Å²) >= 11 is 0. The summed E-state index contributed by atoms with van der Waals surface area (Å²) < 4.78 is 0. The third-order valence-electron chi connectivity index (χ3n) is 15.1. The minimum absolute atomic E-state index is 1.17. The molecular formula is C58H58N2Si2. The van der Waals surface area contributed by atoms with Gasteiger partial charge in [-0.25, -0.2) is 0 Å². The predicted octanol–water partition coefficient (Wildman–Crippen LogP) is 16.3. The van der Waals surface area contributed by atoms with E-state index in [9.17, 15) is 0 Å². The van der Waals surface area contributed by atoms with Gasteiger partial charge in [0.2, 0.25) is 0 Å². The van der Waals surface area contributed by atoms with Gasteiger partial charge in [-0.3, -0.25) is 0 Å². The Balaban J connectivity index is 1.27. The second kappa shape index (κ2) is 15.4. The molecule has 8 aromatic carbocycles. The minimum Gasteiger partial charge on any atom is -0.310 e. The van der Waals surface area contributed by atoms with Gasteiger partial charge in [-0.1, -0.05) is 171 Å². The number of fused-ring (bicyclic) bond motifs is 6. The van der Waals surface area contributed by atoms with E-state index in [4.69, 9.17) is 0 Å². The second-order valence-electron chi connectivity index (χ2n) is 18.5. The monoisotopic (exact) mass is 838 g/mol. The molecule has 0 saturated carbocycles. The third kappa shape index (κ3) is 6.25. The molecule has 0 amide bonds. The van der Waals surface area contributed by atoms with Crippen LogP contribution in [0.25, 0.3) is 55.3 Å². The molecule has 0 aromatic heterocycles. The molecule has 0 fully saturated rings. The zero-order valence-corrected chi connectivity index (χ0v) is 39.7. The molecule has 0 spiro atoms. The molecule has 308 valence electrons. The van der Waals surface area contributed by atoms with Crippen molar-refractivity contribution >= 4 is 71.4 Å². The van der Waals surface area contributed by atoms with Gasteiger partial charge in [0.05, 0.1) is 16.1 Å². The molecule has 0 radical (unpaired) electrons. The van der Waals surface area contributed by atoms with Gasteiger partial charge in [-0.15, -0.1) is 0 Å². The number of anilines is 6. The highest BCUT2D eigenvalue weighted by Gasteiger charge is 2.41. The summed E-state index contributed by atoms with van der Waals surface area (Å²) in [5, 5.41) is 6.23. The SMILES string of the molecule is CC[Si](C)(CC)c1cc2c3c(c([Si](C)(CC)CC)cc4c3c1-c1ccc(N(c3ccccc3)c3ccc(C)cc3)cc1-4)-c1ccc(N(c3ccccc3)c3ccc(C)cc3)cc1-2. The molecule has 0 bridgehead atoms. The smallest absolute Gasteiger partial charge is 0.0840 e. The Hall–Kier alpha value is -5.95. The quantitative estimate of drug-likeness (QED) is 0.113. The summed E-state index contributed by atoms with van der Waals surface area (Å²) in [5.74, 6) is 0. The Morgan fingerprint density at radius 3 is 1.00 bits per heavy atom. The van der Waals surface area contributed by atoms with Gasteiger partial charge >= 0.3 is 0 Å². The van der Waals surface area contributed by atoms with E-state index in [0.717, 1.165) is 0 Å². The van der Waals surface area contributed by atoms with Gasteiger partial charge in [0.25, 0.3) is 0 Å². The third-order valence-corrected chi connectivity index (χ3v) is 24.7. The lowest BCUT2D eigenvalue weighted by Gasteiger charge is -2.30. The van der Waals surface area contributed by atoms with Crippen LogP contribution in [0.15, 0.2) is 158 Å². The maximum Gasteiger partial charge on any atom is 0.0840 e. The van der Waals surface area contributed by atoms with Gasteiger partial charge in [-0.2, -0.15) is 0 Å². The number of aryl methyl sites for hydroxylation is 2. The van der Waals surface area contributed by atoms with Crippen molar-refractivity contribution in [3.63, 3.8) is 0 Å². The standard InChI is InChI=1S/C58H58N2Si2/c1-9-61(7,10-2)53-37-51-50-36-46(60(42-21-17-14-18-22-42)44-29-25-40(6)26-30-44)32-34-48(50)56-54(62(8,11-3)12-4)38-52-49-35-45(31-33-47(49)55(53)57(52)58(51)56)59(41-19-15-13-16-20-41)43-27-23-39(5)24-28-43/h13-38H,9-12H2,1-8H3. The fourth-order valence-corrected chi connectivity index (χ4v) is 15.7. The van der Waals surface area contributed by atoms with Crippen LogP contribution in [-0.4, -0.2) is 16.1 Å². The molecule has 4 heteroatoms. The highest BCUT2D eigenvalue weighted by molar-refractivity contribution is 6.93. The van der Waals surface area contributed by atoms with Gasteiger partial charge < -0.3 is 9.80 Å². The van der Waals surface area contributed by atoms with E-state index >= 15 is 0 Å². The Morgan fingerprint density at radius 2 is 0.661 bits per heavy atom. The molecule has 2 aliphatic carbocycles. The number of benzene rings is 8. The number of para-hydroxylation sites is 2. The van der Waals surface area contributed by atoms with Crippen molar-refractivity contribution in [2.75, 3.05) is 9.80 Å². The molecule has 62 heavy (non-hydrogen) atoms. The number of rotatable bonds is 12. The van der Waals surface area contributed by atoms with Gasteiger partial charge in [0.1, 0.15) is 0 Å². The fraction of sp³-hybridized carbons (Fsp3) is 0.207. The molecular weight excluding hydrogens is 781 g/mol. The first-order chi connectivity index (χ1) is 30.1. The van der Waals surface area contributed by atoms with Crippen molar-refractivity contribution in [2.45, 2.75) is 78.8 Å². The van der Waals surface area contributed by atoms with Gasteiger partial charge in [-0.05, 0) is 142 Å². The molecule has 0 atom stereocenters. The molecule has 2 aliphatic rings. The first-order valence-corrected chi connectivity index (χ1v) is 28.8. The van der Waals surface area contributed by atoms with E-state index in [-0.39, 0.29) is 0 Å². The normalized spacial score (nSPS) is 12.5. The van der Waals surface area contributed by atoms with Gasteiger partial charge in [0, 0.05) is 34.1 Å². The summed E-state index contributed by atoms with van der Waals surface area (Å²) in [6.07, 6.45) is 0. The van der Waals surface area contributed by atoms with Gasteiger partial charge in [0.15, 0.2) is 0 Å². The number of hydrogen-bond acceptors (Lipinski definition) is 2. The van der Waals surface area contributed by atoms with E-state index in [1.807, 2.05) is 0 Å². The van der Waals surface area contributed by atoms with Crippen LogP contribution in [0.2, 0.25) is 37.3 Å².